The number of fused-ring (bicyclic) bond motifs is 1. The lowest BCUT2D eigenvalue weighted by atomic mass is 9.96. The summed E-state index contributed by atoms with van der Waals surface area (Å²) in [6, 6.07) is 7.68. The highest BCUT2D eigenvalue weighted by Crippen LogP contribution is 2.27. The molecule has 0 saturated carbocycles. The van der Waals surface area contributed by atoms with Crippen LogP contribution in [0.1, 0.15) is 46.7 Å². The van der Waals surface area contributed by atoms with Crippen molar-refractivity contribution in [2.75, 3.05) is 13.1 Å². The van der Waals surface area contributed by atoms with Crippen molar-refractivity contribution < 1.29 is 9.59 Å². The molecule has 0 bridgehead atoms. The van der Waals surface area contributed by atoms with Gasteiger partial charge in [-0.1, -0.05) is 6.07 Å². The van der Waals surface area contributed by atoms with Crippen LogP contribution in [0.25, 0.3) is 5.65 Å². The van der Waals surface area contributed by atoms with Gasteiger partial charge in [-0.3, -0.25) is 14.0 Å². The molecule has 1 atom stereocenters. The van der Waals surface area contributed by atoms with Gasteiger partial charge in [-0.05, 0) is 48.9 Å². The third-order valence-corrected chi connectivity index (χ3v) is 5.92. The quantitative estimate of drug-likeness (QED) is 0.664. The topological polar surface area (TPSA) is 67.6 Å². The van der Waals surface area contributed by atoms with E-state index in [0.717, 1.165) is 36.4 Å². The number of piperidine rings is 1. The number of Topliss-reactive ketones (excluding diaryl/α,β-unsaturated/α-hetero) is 1. The average Bonchev–Trinajstić information content (AvgIpc) is 3.29. The predicted octanol–water partition coefficient (Wildman–Crippen LogP) is 2.94. The van der Waals surface area contributed by atoms with Crippen molar-refractivity contribution in [3.05, 3.63) is 52.1 Å². The Kier molecular flexibility index (Phi) is 4.55. The third kappa shape index (κ3) is 3.26. The predicted molar refractivity (Wildman–Crippen MR) is 99.6 cm³/mol. The number of thiophene rings is 1. The van der Waals surface area contributed by atoms with Gasteiger partial charge in [0, 0.05) is 25.2 Å². The first-order valence-corrected chi connectivity index (χ1v) is 9.65. The van der Waals surface area contributed by atoms with E-state index in [1.54, 1.807) is 6.92 Å². The fourth-order valence-electron chi connectivity index (χ4n) is 3.49. The maximum atomic E-state index is 12.7. The Morgan fingerprint density at radius 3 is 3.00 bits per heavy atom. The number of likely N-dealkylation sites (tertiary alicyclic amines) is 1. The Bertz CT molecular complexity index is 961. The summed E-state index contributed by atoms with van der Waals surface area (Å²) in [4.78, 5) is 26.8. The van der Waals surface area contributed by atoms with Crippen molar-refractivity contribution in [3.8, 4) is 0 Å². The zero-order valence-electron chi connectivity index (χ0n) is 14.6. The van der Waals surface area contributed by atoms with Gasteiger partial charge >= 0.3 is 0 Å². The molecule has 0 N–H and O–H groups in total. The van der Waals surface area contributed by atoms with Crippen molar-refractivity contribution in [2.24, 2.45) is 0 Å². The molecule has 4 heterocycles. The summed E-state index contributed by atoms with van der Waals surface area (Å²) in [5, 5.41) is 10.5. The fraction of sp³-hybridized carbons (Fsp3) is 0.368. The zero-order chi connectivity index (χ0) is 18.1. The largest absolute Gasteiger partial charge is 0.342 e. The van der Waals surface area contributed by atoms with E-state index in [9.17, 15) is 9.59 Å². The number of hydrogen-bond donors (Lipinski definition) is 0. The molecule has 1 saturated heterocycles. The number of amides is 1. The highest BCUT2D eigenvalue weighted by atomic mass is 32.1. The van der Waals surface area contributed by atoms with Crippen molar-refractivity contribution in [1.29, 1.82) is 0 Å². The molecule has 6 nitrogen and oxygen atoms in total. The third-order valence-electron chi connectivity index (χ3n) is 4.84. The van der Waals surface area contributed by atoms with Gasteiger partial charge in [0.1, 0.15) is 5.82 Å². The molecule has 0 spiro atoms. The second-order valence-corrected chi connectivity index (χ2v) is 7.63. The van der Waals surface area contributed by atoms with Crippen LogP contribution in [-0.4, -0.2) is 44.3 Å². The van der Waals surface area contributed by atoms with Gasteiger partial charge in [-0.15, -0.1) is 21.5 Å². The molecule has 1 amide bonds. The van der Waals surface area contributed by atoms with Crippen LogP contribution < -0.4 is 0 Å². The average molecular weight is 368 g/mol. The minimum atomic E-state index is 0.0467. The summed E-state index contributed by atoms with van der Waals surface area (Å²) in [6.45, 7) is 2.99. The molecule has 1 aliphatic rings. The summed E-state index contributed by atoms with van der Waals surface area (Å²) in [5.41, 5.74) is 1.75. The van der Waals surface area contributed by atoms with E-state index in [1.807, 2.05) is 45.1 Å². The standard InChI is InChI=1S/C19H20N4O2S/c1-13(24)16-9-14(12-26-16)10-18(25)22-7-4-5-15(11-22)19-21-20-17-6-2-3-8-23(17)19/h2-3,6,8-9,12,15H,4-5,7,10-11H2,1H3/t15-/m1/s1. The highest BCUT2D eigenvalue weighted by molar-refractivity contribution is 7.12. The number of carbonyl (C=O) groups excluding carboxylic acids is 2. The second kappa shape index (κ2) is 6.99. The van der Waals surface area contributed by atoms with Gasteiger partial charge in [0.05, 0.1) is 11.3 Å². The number of nitrogens with zero attached hydrogens (tertiary/aromatic N) is 4. The number of rotatable bonds is 4. The summed E-state index contributed by atoms with van der Waals surface area (Å²) in [5.74, 6) is 1.27. The molecule has 7 heteroatoms. The SMILES string of the molecule is CC(=O)c1cc(CC(=O)N2CCC[C@@H](c3nnc4ccccn34)C2)cs1. The Balaban J connectivity index is 1.47. The van der Waals surface area contributed by atoms with E-state index in [-0.39, 0.29) is 17.6 Å². The minimum Gasteiger partial charge on any atom is -0.342 e. The van der Waals surface area contributed by atoms with Crippen LogP contribution in [0.3, 0.4) is 0 Å². The number of ketones is 1. The number of aromatic nitrogens is 3. The van der Waals surface area contributed by atoms with E-state index < -0.39 is 0 Å². The minimum absolute atomic E-state index is 0.0467. The van der Waals surface area contributed by atoms with Crippen LogP contribution in [0, 0.1) is 0 Å². The first kappa shape index (κ1) is 16.9. The van der Waals surface area contributed by atoms with E-state index in [1.165, 1.54) is 11.3 Å². The first-order valence-electron chi connectivity index (χ1n) is 8.77. The Hall–Kier alpha value is -2.54. The summed E-state index contributed by atoms with van der Waals surface area (Å²) in [6.07, 6.45) is 4.28. The van der Waals surface area contributed by atoms with Gasteiger partial charge in [0.25, 0.3) is 0 Å². The lowest BCUT2D eigenvalue weighted by Gasteiger charge is -2.32. The van der Waals surface area contributed by atoms with Crippen molar-refractivity contribution >= 4 is 28.7 Å². The van der Waals surface area contributed by atoms with E-state index in [2.05, 4.69) is 10.2 Å². The lowest BCUT2D eigenvalue weighted by molar-refractivity contribution is -0.131. The number of hydrogen-bond acceptors (Lipinski definition) is 5. The molecule has 0 unspecified atom stereocenters. The van der Waals surface area contributed by atoms with E-state index in [4.69, 9.17) is 0 Å². The van der Waals surface area contributed by atoms with E-state index in [0.29, 0.717) is 17.8 Å². The summed E-state index contributed by atoms with van der Waals surface area (Å²) < 4.78 is 2.01. The van der Waals surface area contributed by atoms with Crippen LogP contribution in [0.15, 0.2) is 35.8 Å². The molecule has 3 aromatic heterocycles. The molecular formula is C19H20N4O2S. The molecule has 26 heavy (non-hydrogen) atoms. The van der Waals surface area contributed by atoms with Crippen LogP contribution in [0.5, 0.6) is 0 Å². The monoisotopic (exact) mass is 368 g/mol. The fourth-order valence-corrected chi connectivity index (χ4v) is 4.31. The van der Waals surface area contributed by atoms with Gasteiger partial charge in [-0.2, -0.15) is 0 Å². The van der Waals surface area contributed by atoms with Gasteiger partial charge in [-0.25, -0.2) is 0 Å². The Morgan fingerprint density at radius 2 is 2.19 bits per heavy atom. The van der Waals surface area contributed by atoms with Gasteiger partial charge in [0.2, 0.25) is 5.91 Å². The molecule has 1 aliphatic heterocycles. The molecule has 3 aromatic rings. The highest BCUT2D eigenvalue weighted by Gasteiger charge is 2.28. The lowest BCUT2D eigenvalue weighted by Crippen LogP contribution is -2.40. The Morgan fingerprint density at radius 1 is 1.31 bits per heavy atom. The van der Waals surface area contributed by atoms with Gasteiger partial charge < -0.3 is 4.90 Å². The number of pyridine rings is 1. The van der Waals surface area contributed by atoms with Crippen LogP contribution >= 0.6 is 11.3 Å². The van der Waals surface area contributed by atoms with Crippen molar-refractivity contribution in [2.45, 2.75) is 32.1 Å². The maximum absolute atomic E-state index is 12.7. The van der Waals surface area contributed by atoms with Crippen LogP contribution in [0.4, 0.5) is 0 Å². The zero-order valence-corrected chi connectivity index (χ0v) is 15.4. The van der Waals surface area contributed by atoms with Gasteiger partial charge in [0.15, 0.2) is 11.4 Å². The second-order valence-electron chi connectivity index (χ2n) is 6.72. The smallest absolute Gasteiger partial charge is 0.227 e. The van der Waals surface area contributed by atoms with Crippen molar-refractivity contribution in [3.63, 3.8) is 0 Å². The van der Waals surface area contributed by atoms with Crippen LogP contribution in [-0.2, 0) is 11.2 Å². The molecule has 0 aromatic carbocycles. The molecular weight excluding hydrogens is 348 g/mol. The molecule has 134 valence electrons. The van der Waals surface area contributed by atoms with Crippen molar-refractivity contribution in [1.82, 2.24) is 19.5 Å². The Labute approximate surface area is 155 Å². The number of carbonyl (C=O) groups is 2. The maximum Gasteiger partial charge on any atom is 0.227 e. The summed E-state index contributed by atoms with van der Waals surface area (Å²) >= 11 is 1.40. The molecule has 0 aliphatic carbocycles. The molecule has 0 radical (unpaired) electrons. The summed E-state index contributed by atoms with van der Waals surface area (Å²) in [7, 11) is 0. The van der Waals surface area contributed by atoms with Crippen LogP contribution in [0.2, 0.25) is 0 Å². The first-order chi connectivity index (χ1) is 12.6. The normalized spacial score (nSPS) is 17.6. The molecule has 1 fully saturated rings. The molecule has 4 rings (SSSR count). The van der Waals surface area contributed by atoms with E-state index >= 15 is 0 Å².